The topological polar surface area (TPSA) is 95.5 Å². The van der Waals surface area contributed by atoms with E-state index in [0.717, 1.165) is 24.2 Å². The molecular formula is C12H14N2O4S. The Morgan fingerprint density at radius 3 is 2.63 bits per heavy atom. The highest BCUT2D eigenvalue weighted by Crippen LogP contribution is 2.31. The van der Waals surface area contributed by atoms with Crippen molar-refractivity contribution in [3.63, 3.8) is 0 Å². The van der Waals surface area contributed by atoms with E-state index in [1.54, 1.807) is 12.1 Å². The molecule has 2 rings (SSSR count). The maximum absolute atomic E-state index is 11.7. The number of amides is 2. The van der Waals surface area contributed by atoms with E-state index in [9.17, 15) is 14.4 Å². The van der Waals surface area contributed by atoms with E-state index in [1.807, 2.05) is 0 Å². The van der Waals surface area contributed by atoms with E-state index in [0.29, 0.717) is 9.88 Å². The molecule has 19 heavy (non-hydrogen) atoms. The number of nitrogens with one attached hydrogen (secondary N) is 2. The van der Waals surface area contributed by atoms with E-state index in [-0.39, 0.29) is 11.8 Å². The van der Waals surface area contributed by atoms with Gasteiger partial charge in [0.1, 0.15) is 6.04 Å². The third-order valence-corrected chi connectivity index (χ3v) is 3.74. The summed E-state index contributed by atoms with van der Waals surface area (Å²) in [7, 11) is 0. The normalized spacial score (nSPS) is 15.6. The molecule has 1 aromatic rings. The van der Waals surface area contributed by atoms with Crippen LogP contribution in [0, 0.1) is 5.92 Å². The lowest BCUT2D eigenvalue weighted by Gasteiger charge is -2.07. The maximum Gasteiger partial charge on any atom is 0.325 e. The van der Waals surface area contributed by atoms with E-state index in [4.69, 9.17) is 5.11 Å². The minimum absolute atomic E-state index is 0.0206. The van der Waals surface area contributed by atoms with Gasteiger partial charge in [0.05, 0.1) is 9.88 Å². The van der Waals surface area contributed by atoms with Gasteiger partial charge >= 0.3 is 5.97 Å². The van der Waals surface area contributed by atoms with Crippen molar-refractivity contribution >= 4 is 34.1 Å². The third kappa shape index (κ3) is 3.54. The first kappa shape index (κ1) is 13.5. The van der Waals surface area contributed by atoms with Gasteiger partial charge in [0.2, 0.25) is 5.91 Å². The Morgan fingerprint density at radius 1 is 1.37 bits per heavy atom. The van der Waals surface area contributed by atoms with Gasteiger partial charge in [-0.25, -0.2) is 0 Å². The Kier molecular flexibility index (Phi) is 3.84. The maximum atomic E-state index is 11.7. The molecule has 1 unspecified atom stereocenters. The van der Waals surface area contributed by atoms with E-state index in [1.165, 1.54) is 6.92 Å². The second-order valence-corrected chi connectivity index (χ2v) is 5.54. The molecule has 0 saturated heterocycles. The fraction of sp³-hybridized carbons (Fsp3) is 0.417. The molecule has 0 spiro atoms. The predicted molar refractivity (Wildman–Crippen MR) is 70.2 cm³/mol. The fourth-order valence-electron chi connectivity index (χ4n) is 1.43. The molecule has 1 saturated carbocycles. The summed E-state index contributed by atoms with van der Waals surface area (Å²) in [5.41, 5.74) is 0. The minimum atomic E-state index is -1.09. The molecule has 1 aliphatic rings. The van der Waals surface area contributed by atoms with Crippen molar-refractivity contribution in [2.45, 2.75) is 25.8 Å². The van der Waals surface area contributed by atoms with Gasteiger partial charge in [0.15, 0.2) is 0 Å². The number of carboxylic acids is 1. The van der Waals surface area contributed by atoms with Gasteiger partial charge in [-0.3, -0.25) is 14.4 Å². The van der Waals surface area contributed by atoms with Crippen LogP contribution in [0.5, 0.6) is 0 Å². The van der Waals surface area contributed by atoms with Crippen LogP contribution < -0.4 is 10.6 Å². The Bertz CT molecular complexity index is 522. The number of aliphatic carboxylic acids is 1. The van der Waals surface area contributed by atoms with Crippen LogP contribution in [0.3, 0.4) is 0 Å². The predicted octanol–water partition coefficient (Wildman–Crippen LogP) is 1.30. The van der Waals surface area contributed by atoms with Gasteiger partial charge in [-0.2, -0.15) is 0 Å². The molecule has 1 atom stereocenters. The van der Waals surface area contributed by atoms with Gasteiger partial charge in [-0.05, 0) is 31.9 Å². The standard InChI is InChI=1S/C12H14N2O4S/c1-6(12(17)18)13-11(16)8-4-5-9(19-8)14-10(15)7-2-3-7/h4-7H,2-3H2,1H3,(H,13,16)(H,14,15)(H,17,18). The summed E-state index contributed by atoms with van der Waals surface area (Å²) in [5, 5.41) is 14.4. The summed E-state index contributed by atoms with van der Waals surface area (Å²) < 4.78 is 0. The van der Waals surface area contributed by atoms with Crippen LogP contribution in [0.15, 0.2) is 12.1 Å². The average Bonchev–Trinajstić information content (AvgIpc) is 3.10. The molecule has 102 valence electrons. The van der Waals surface area contributed by atoms with E-state index < -0.39 is 17.9 Å². The Morgan fingerprint density at radius 2 is 2.05 bits per heavy atom. The first-order chi connectivity index (χ1) is 8.97. The van der Waals surface area contributed by atoms with Crippen LogP contribution >= 0.6 is 11.3 Å². The molecule has 1 fully saturated rings. The van der Waals surface area contributed by atoms with Crippen molar-refractivity contribution in [1.29, 1.82) is 0 Å². The Hall–Kier alpha value is -1.89. The highest BCUT2D eigenvalue weighted by Gasteiger charge is 2.30. The highest BCUT2D eigenvalue weighted by atomic mass is 32.1. The van der Waals surface area contributed by atoms with Crippen molar-refractivity contribution in [2.24, 2.45) is 5.92 Å². The lowest BCUT2D eigenvalue weighted by atomic mass is 10.3. The van der Waals surface area contributed by atoms with Crippen molar-refractivity contribution in [1.82, 2.24) is 5.32 Å². The molecule has 6 nitrogen and oxygen atoms in total. The van der Waals surface area contributed by atoms with Crippen LogP contribution in [0.25, 0.3) is 0 Å². The zero-order valence-electron chi connectivity index (χ0n) is 10.3. The van der Waals surface area contributed by atoms with Crippen molar-refractivity contribution in [2.75, 3.05) is 5.32 Å². The summed E-state index contributed by atoms with van der Waals surface area (Å²) in [5.74, 6) is -1.46. The smallest absolute Gasteiger partial charge is 0.325 e. The highest BCUT2D eigenvalue weighted by molar-refractivity contribution is 7.18. The molecule has 0 radical (unpaired) electrons. The molecule has 2 amide bonds. The van der Waals surface area contributed by atoms with Crippen molar-refractivity contribution in [3.05, 3.63) is 17.0 Å². The number of rotatable bonds is 5. The van der Waals surface area contributed by atoms with E-state index >= 15 is 0 Å². The minimum Gasteiger partial charge on any atom is -0.480 e. The van der Waals surface area contributed by atoms with Crippen molar-refractivity contribution < 1.29 is 19.5 Å². The van der Waals surface area contributed by atoms with Gasteiger partial charge in [0, 0.05) is 5.92 Å². The molecule has 0 bridgehead atoms. The number of carbonyl (C=O) groups excluding carboxylic acids is 2. The molecular weight excluding hydrogens is 268 g/mol. The fourth-order valence-corrected chi connectivity index (χ4v) is 2.24. The zero-order valence-corrected chi connectivity index (χ0v) is 11.1. The number of carboxylic acid groups (broad SMARTS) is 1. The average molecular weight is 282 g/mol. The van der Waals surface area contributed by atoms with Crippen LogP contribution in [0.2, 0.25) is 0 Å². The van der Waals surface area contributed by atoms with Crippen LogP contribution in [-0.2, 0) is 9.59 Å². The number of thiophene rings is 1. The van der Waals surface area contributed by atoms with Crippen LogP contribution in [-0.4, -0.2) is 28.9 Å². The Labute approximate surface area is 113 Å². The van der Waals surface area contributed by atoms with E-state index in [2.05, 4.69) is 10.6 Å². The van der Waals surface area contributed by atoms with Gasteiger partial charge < -0.3 is 15.7 Å². The molecule has 0 aliphatic heterocycles. The quantitative estimate of drug-likeness (QED) is 0.758. The second kappa shape index (κ2) is 5.40. The summed E-state index contributed by atoms with van der Waals surface area (Å²) >= 11 is 1.13. The molecule has 1 aromatic heterocycles. The second-order valence-electron chi connectivity index (χ2n) is 4.46. The number of anilines is 1. The summed E-state index contributed by atoms with van der Waals surface area (Å²) in [6.07, 6.45) is 1.83. The lowest BCUT2D eigenvalue weighted by Crippen LogP contribution is -2.37. The monoisotopic (exact) mass is 282 g/mol. The molecule has 7 heteroatoms. The first-order valence-corrected chi connectivity index (χ1v) is 6.73. The molecule has 1 aliphatic carbocycles. The van der Waals surface area contributed by atoms with Gasteiger partial charge in [0.25, 0.3) is 5.91 Å². The zero-order chi connectivity index (χ0) is 14.0. The lowest BCUT2D eigenvalue weighted by molar-refractivity contribution is -0.138. The largest absolute Gasteiger partial charge is 0.480 e. The summed E-state index contributed by atoms with van der Waals surface area (Å²) in [6.45, 7) is 1.39. The van der Waals surface area contributed by atoms with Crippen molar-refractivity contribution in [3.8, 4) is 0 Å². The Balaban J connectivity index is 1.94. The van der Waals surface area contributed by atoms with Gasteiger partial charge in [-0.15, -0.1) is 11.3 Å². The van der Waals surface area contributed by atoms with Crippen LogP contribution in [0.4, 0.5) is 5.00 Å². The SMILES string of the molecule is CC(NC(=O)c1ccc(NC(=O)C2CC2)s1)C(=O)O. The molecule has 1 heterocycles. The third-order valence-electron chi connectivity index (χ3n) is 2.74. The molecule has 3 N–H and O–H groups in total. The summed E-state index contributed by atoms with van der Waals surface area (Å²) in [4.78, 5) is 34.3. The van der Waals surface area contributed by atoms with Crippen LogP contribution in [0.1, 0.15) is 29.4 Å². The number of hydrogen-bond donors (Lipinski definition) is 3. The first-order valence-electron chi connectivity index (χ1n) is 5.91. The summed E-state index contributed by atoms with van der Waals surface area (Å²) in [6, 6.07) is 2.27. The number of hydrogen-bond acceptors (Lipinski definition) is 4. The van der Waals surface area contributed by atoms with Gasteiger partial charge in [-0.1, -0.05) is 0 Å². The molecule has 0 aromatic carbocycles. The number of carbonyl (C=O) groups is 3.